The molecule has 2 amide bonds. The Morgan fingerprint density at radius 3 is 2.21 bits per heavy atom. The molecular weight excluding hydrogens is 452 g/mol. The van der Waals surface area contributed by atoms with Gasteiger partial charge in [-0.3, -0.25) is 15.0 Å². The van der Waals surface area contributed by atoms with E-state index in [0.29, 0.717) is 28.9 Å². The first kappa shape index (κ1) is 24.5. The number of carboxylic acid groups (broad SMARTS) is 1. The first-order valence-corrected chi connectivity index (χ1v) is 11.7. The van der Waals surface area contributed by atoms with Crippen LogP contribution in [0.1, 0.15) is 36.6 Å². The van der Waals surface area contributed by atoms with Crippen molar-refractivity contribution in [3.05, 3.63) is 89.0 Å². The Morgan fingerprint density at radius 2 is 1.56 bits per heavy atom. The molecule has 3 aromatic rings. The molecule has 3 aromatic carbocycles. The standard InChI is InChI=1S/C25H24N4O4S/c1-34-13-12-28-23(30)16-8-11-19(21(14-16)25(32)33)18-4-2-3-5-20(18)24(31)29-17-9-6-15(7-10-17)22(26)27/h2-11,14H,12-13H2,1H3,(H3,26,27)(H,28,30)(H,29,31)(H,32,33). The van der Waals surface area contributed by atoms with Crippen molar-refractivity contribution in [2.45, 2.75) is 0 Å². The van der Waals surface area contributed by atoms with E-state index in [4.69, 9.17) is 11.1 Å². The summed E-state index contributed by atoms with van der Waals surface area (Å²) in [6.07, 6.45) is 1.93. The lowest BCUT2D eigenvalue weighted by atomic mass is 9.93. The molecule has 0 aliphatic carbocycles. The molecule has 0 atom stereocenters. The molecule has 0 unspecified atom stereocenters. The van der Waals surface area contributed by atoms with Gasteiger partial charge in [0.1, 0.15) is 5.84 Å². The Labute approximate surface area is 201 Å². The molecule has 0 aliphatic heterocycles. The van der Waals surface area contributed by atoms with Gasteiger partial charge in [-0.2, -0.15) is 11.8 Å². The number of aromatic carboxylic acids is 1. The van der Waals surface area contributed by atoms with Gasteiger partial charge in [-0.15, -0.1) is 0 Å². The lowest BCUT2D eigenvalue weighted by Crippen LogP contribution is -2.26. The summed E-state index contributed by atoms with van der Waals surface area (Å²) in [5.74, 6) is -1.32. The molecule has 6 N–H and O–H groups in total. The van der Waals surface area contributed by atoms with Crippen LogP contribution in [0.5, 0.6) is 0 Å². The van der Waals surface area contributed by atoms with Crippen LogP contribution in [-0.4, -0.2) is 47.3 Å². The summed E-state index contributed by atoms with van der Waals surface area (Å²) in [5.41, 5.74) is 7.67. The summed E-state index contributed by atoms with van der Waals surface area (Å²) in [6.45, 7) is 0.473. The van der Waals surface area contributed by atoms with Gasteiger partial charge in [-0.05, 0) is 59.8 Å². The van der Waals surface area contributed by atoms with E-state index in [9.17, 15) is 19.5 Å². The zero-order valence-corrected chi connectivity index (χ0v) is 19.2. The van der Waals surface area contributed by atoms with Gasteiger partial charge in [0.25, 0.3) is 11.8 Å². The zero-order chi connectivity index (χ0) is 24.7. The van der Waals surface area contributed by atoms with Crippen molar-refractivity contribution in [3.63, 3.8) is 0 Å². The van der Waals surface area contributed by atoms with E-state index in [0.717, 1.165) is 5.75 Å². The molecule has 8 nitrogen and oxygen atoms in total. The number of thioether (sulfide) groups is 1. The van der Waals surface area contributed by atoms with Crippen molar-refractivity contribution in [3.8, 4) is 11.1 Å². The van der Waals surface area contributed by atoms with E-state index in [1.54, 1.807) is 72.4 Å². The van der Waals surface area contributed by atoms with Crippen molar-refractivity contribution in [2.75, 3.05) is 23.9 Å². The highest BCUT2D eigenvalue weighted by Gasteiger charge is 2.20. The number of nitrogens with one attached hydrogen (secondary N) is 3. The highest BCUT2D eigenvalue weighted by atomic mass is 32.2. The molecule has 174 valence electrons. The number of nitrogens with two attached hydrogens (primary N) is 1. The normalized spacial score (nSPS) is 10.4. The molecule has 0 saturated heterocycles. The summed E-state index contributed by atoms with van der Waals surface area (Å²) in [4.78, 5) is 37.5. The van der Waals surface area contributed by atoms with Crippen LogP contribution in [0.2, 0.25) is 0 Å². The number of benzene rings is 3. The third-order valence-corrected chi connectivity index (χ3v) is 5.63. The quantitative estimate of drug-likeness (QED) is 0.181. The number of carboxylic acids is 1. The minimum atomic E-state index is -1.20. The molecule has 0 radical (unpaired) electrons. The second-order valence-electron chi connectivity index (χ2n) is 7.30. The van der Waals surface area contributed by atoms with Gasteiger partial charge in [0.05, 0.1) is 5.56 Å². The fourth-order valence-electron chi connectivity index (χ4n) is 3.31. The largest absolute Gasteiger partial charge is 0.478 e. The van der Waals surface area contributed by atoms with Crippen molar-refractivity contribution < 1.29 is 19.5 Å². The van der Waals surface area contributed by atoms with Crippen LogP contribution in [0.15, 0.2) is 66.7 Å². The van der Waals surface area contributed by atoms with E-state index in [1.165, 1.54) is 6.07 Å². The monoisotopic (exact) mass is 476 g/mol. The van der Waals surface area contributed by atoms with E-state index in [-0.39, 0.29) is 28.4 Å². The molecular formula is C25H24N4O4S. The topological polar surface area (TPSA) is 145 Å². The van der Waals surface area contributed by atoms with Crippen molar-refractivity contribution in [1.82, 2.24) is 5.32 Å². The van der Waals surface area contributed by atoms with Crippen LogP contribution in [-0.2, 0) is 0 Å². The minimum Gasteiger partial charge on any atom is -0.478 e. The maximum absolute atomic E-state index is 13.0. The predicted octanol–water partition coefficient (Wildman–Crippen LogP) is 3.68. The van der Waals surface area contributed by atoms with Gasteiger partial charge in [-0.25, -0.2) is 4.79 Å². The first-order chi connectivity index (χ1) is 16.3. The SMILES string of the molecule is CSCCNC(=O)c1ccc(-c2ccccc2C(=O)Nc2ccc(C(=N)N)cc2)c(C(=O)O)c1. The molecule has 34 heavy (non-hydrogen) atoms. The van der Waals surface area contributed by atoms with Crippen LogP contribution in [0.4, 0.5) is 5.69 Å². The number of amidine groups is 1. The van der Waals surface area contributed by atoms with Crippen molar-refractivity contribution in [1.29, 1.82) is 5.41 Å². The summed E-state index contributed by atoms with van der Waals surface area (Å²) < 4.78 is 0. The molecule has 0 fully saturated rings. The van der Waals surface area contributed by atoms with Gasteiger partial charge < -0.3 is 21.5 Å². The number of hydrogen-bond acceptors (Lipinski definition) is 5. The summed E-state index contributed by atoms with van der Waals surface area (Å²) in [7, 11) is 0. The Bertz CT molecular complexity index is 1240. The van der Waals surface area contributed by atoms with Gasteiger partial charge in [0.15, 0.2) is 0 Å². The molecule has 0 aromatic heterocycles. The minimum absolute atomic E-state index is 0.0780. The zero-order valence-electron chi connectivity index (χ0n) is 18.4. The Kier molecular flexibility index (Phi) is 8.05. The Morgan fingerprint density at radius 1 is 0.912 bits per heavy atom. The summed E-state index contributed by atoms with van der Waals surface area (Å²) in [5, 5.41) is 22.8. The average Bonchev–Trinajstić information content (AvgIpc) is 2.84. The van der Waals surface area contributed by atoms with Crippen LogP contribution >= 0.6 is 11.8 Å². The fraction of sp³-hybridized carbons (Fsp3) is 0.120. The number of carbonyl (C=O) groups excluding carboxylic acids is 2. The lowest BCUT2D eigenvalue weighted by molar-refractivity contribution is 0.0697. The summed E-state index contributed by atoms with van der Waals surface area (Å²) >= 11 is 1.59. The van der Waals surface area contributed by atoms with Crippen LogP contribution in [0.3, 0.4) is 0 Å². The van der Waals surface area contributed by atoms with Crippen LogP contribution < -0.4 is 16.4 Å². The molecule has 3 rings (SSSR count). The maximum Gasteiger partial charge on any atom is 0.336 e. The second kappa shape index (κ2) is 11.2. The Balaban J connectivity index is 1.93. The lowest BCUT2D eigenvalue weighted by Gasteiger charge is -2.14. The molecule has 0 spiro atoms. The van der Waals surface area contributed by atoms with E-state index in [2.05, 4.69) is 10.6 Å². The van der Waals surface area contributed by atoms with Gasteiger partial charge in [0.2, 0.25) is 0 Å². The number of nitrogen functional groups attached to an aromatic ring is 1. The van der Waals surface area contributed by atoms with Gasteiger partial charge in [-0.1, -0.05) is 24.3 Å². The average molecular weight is 477 g/mol. The fourth-order valence-corrected chi connectivity index (χ4v) is 3.62. The highest BCUT2D eigenvalue weighted by molar-refractivity contribution is 7.98. The number of hydrogen-bond donors (Lipinski definition) is 5. The predicted molar refractivity (Wildman–Crippen MR) is 135 cm³/mol. The Hall–Kier alpha value is -4.11. The van der Waals surface area contributed by atoms with Gasteiger partial charge in [0, 0.05) is 34.7 Å². The molecule has 0 heterocycles. The number of rotatable bonds is 9. The van der Waals surface area contributed by atoms with Crippen LogP contribution in [0, 0.1) is 5.41 Å². The number of carbonyl (C=O) groups is 3. The smallest absolute Gasteiger partial charge is 0.336 e. The van der Waals surface area contributed by atoms with Crippen molar-refractivity contribution in [2.24, 2.45) is 5.73 Å². The first-order valence-electron chi connectivity index (χ1n) is 10.3. The highest BCUT2D eigenvalue weighted by Crippen LogP contribution is 2.29. The molecule has 0 aliphatic rings. The van der Waals surface area contributed by atoms with E-state index >= 15 is 0 Å². The van der Waals surface area contributed by atoms with Gasteiger partial charge >= 0.3 is 5.97 Å². The van der Waals surface area contributed by atoms with E-state index in [1.807, 2.05) is 6.26 Å². The third kappa shape index (κ3) is 5.81. The number of amides is 2. The molecule has 0 bridgehead atoms. The maximum atomic E-state index is 13.0. The molecule has 9 heteroatoms. The van der Waals surface area contributed by atoms with Crippen LogP contribution in [0.25, 0.3) is 11.1 Å². The van der Waals surface area contributed by atoms with E-state index < -0.39 is 11.9 Å². The summed E-state index contributed by atoms with van der Waals surface area (Å²) in [6, 6.07) is 17.6. The molecule has 0 saturated carbocycles. The van der Waals surface area contributed by atoms with Crippen molar-refractivity contribution >= 4 is 41.1 Å². The third-order valence-electron chi connectivity index (χ3n) is 5.02. The number of anilines is 1. The second-order valence-corrected chi connectivity index (χ2v) is 8.29.